The molecule has 0 atom stereocenters. The van der Waals surface area contributed by atoms with Crippen LogP contribution in [0.1, 0.15) is 21.5 Å². The van der Waals surface area contributed by atoms with Crippen LogP contribution in [0.5, 0.6) is 0 Å². The van der Waals surface area contributed by atoms with Crippen LogP contribution in [-0.4, -0.2) is 17.2 Å². The monoisotopic (exact) mass is 306 g/mol. The fourth-order valence-corrected chi connectivity index (χ4v) is 2.24. The number of rotatable bonds is 5. The molecule has 0 spiro atoms. The van der Waals surface area contributed by atoms with Crippen LogP contribution in [-0.2, 0) is 17.9 Å². The summed E-state index contributed by atoms with van der Waals surface area (Å²) in [6.45, 7) is 0.536. The van der Waals surface area contributed by atoms with Crippen LogP contribution < -0.4 is 10.8 Å². The fourth-order valence-electron chi connectivity index (χ4n) is 1.59. The average Bonchev–Trinajstić information content (AvgIpc) is 3.04. The standard InChI is InChI=1S/C14H14N2O4S/c17-13(16-19)12-3-1-10(2-4-12)7-15-14(18)20-8-11-5-6-21-9-11/h1-6,9,19H,7-8H2,(H,15,18)(H,16,17). The molecule has 21 heavy (non-hydrogen) atoms. The van der Waals surface area contributed by atoms with E-state index in [9.17, 15) is 9.59 Å². The molecule has 2 amide bonds. The summed E-state index contributed by atoms with van der Waals surface area (Å²) in [4.78, 5) is 22.6. The van der Waals surface area contributed by atoms with Gasteiger partial charge in [-0.2, -0.15) is 11.3 Å². The predicted molar refractivity (Wildman–Crippen MR) is 77.0 cm³/mol. The number of amides is 2. The quantitative estimate of drug-likeness (QED) is 0.584. The summed E-state index contributed by atoms with van der Waals surface area (Å²) in [7, 11) is 0. The first-order valence-corrected chi connectivity index (χ1v) is 7.08. The number of carbonyl (C=O) groups excluding carboxylic acids is 2. The molecule has 0 aliphatic carbocycles. The third-order valence-corrected chi connectivity index (χ3v) is 3.44. The number of alkyl carbamates (subject to hydrolysis) is 1. The lowest BCUT2D eigenvalue weighted by Crippen LogP contribution is -2.23. The third-order valence-electron chi connectivity index (χ3n) is 2.70. The maximum atomic E-state index is 11.5. The van der Waals surface area contributed by atoms with Crippen LogP contribution in [0.2, 0.25) is 0 Å². The van der Waals surface area contributed by atoms with Gasteiger partial charge in [0.1, 0.15) is 6.61 Å². The van der Waals surface area contributed by atoms with Gasteiger partial charge in [0.15, 0.2) is 0 Å². The van der Waals surface area contributed by atoms with E-state index in [0.29, 0.717) is 12.1 Å². The highest BCUT2D eigenvalue weighted by atomic mass is 32.1. The number of hydrogen-bond donors (Lipinski definition) is 3. The van der Waals surface area contributed by atoms with Gasteiger partial charge in [-0.25, -0.2) is 10.3 Å². The van der Waals surface area contributed by atoms with E-state index >= 15 is 0 Å². The van der Waals surface area contributed by atoms with Crippen molar-refractivity contribution in [1.82, 2.24) is 10.8 Å². The van der Waals surface area contributed by atoms with Crippen LogP contribution >= 0.6 is 11.3 Å². The molecular weight excluding hydrogens is 292 g/mol. The van der Waals surface area contributed by atoms with E-state index in [-0.39, 0.29) is 6.61 Å². The van der Waals surface area contributed by atoms with Crippen molar-refractivity contribution in [3.05, 3.63) is 57.8 Å². The van der Waals surface area contributed by atoms with Gasteiger partial charge < -0.3 is 10.1 Å². The van der Waals surface area contributed by atoms with E-state index in [2.05, 4.69) is 5.32 Å². The zero-order valence-electron chi connectivity index (χ0n) is 11.0. The van der Waals surface area contributed by atoms with E-state index in [1.807, 2.05) is 16.8 Å². The van der Waals surface area contributed by atoms with Gasteiger partial charge in [-0.15, -0.1) is 0 Å². The van der Waals surface area contributed by atoms with Crippen molar-refractivity contribution in [2.45, 2.75) is 13.2 Å². The fraction of sp³-hybridized carbons (Fsp3) is 0.143. The Kier molecular flexibility index (Phi) is 5.30. The Hall–Kier alpha value is -2.38. The second-order valence-electron chi connectivity index (χ2n) is 4.20. The van der Waals surface area contributed by atoms with E-state index < -0.39 is 12.0 Å². The summed E-state index contributed by atoms with van der Waals surface area (Å²) >= 11 is 1.54. The highest BCUT2D eigenvalue weighted by molar-refractivity contribution is 7.07. The lowest BCUT2D eigenvalue weighted by molar-refractivity contribution is 0.0706. The Bertz CT molecular complexity index is 596. The van der Waals surface area contributed by atoms with Gasteiger partial charge in [-0.05, 0) is 34.5 Å². The molecule has 0 unspecified atom stereocenters. The van der Waals surface area contributed by atoms with Crippen molar-refractivity contribution < 1.29 is 19.5 Å². The minimum absolute atomic E-state index is 0.241. The first-order chi connectivity index (χ1) is 10.2. The van der Waals surface area contributed by atoms with E-state index in [0.717, 1.165) is 11.1 Å². The highest BCUT2D eigenvalue weighted by Gasteiger charge is 2.05. The molecule has 0 aliphatic heterocycles. The Morgan fingerprint density at radius 2 is 1.90 bits per heavy atom. The summed E-state index contributed by atoms with van der Waals surface area (Å²) in [5.74, 6) is -0.579. The first kappa shape index (κ1) is 15.0. The molecule has 2 aromatic rings. The Morgan fingerprint density at radius 3 is 2.52 bits per heavy atom. The summed E-state index contributed by atoms with van der Waals surface area (Å²) in [5, 5.41) is 14.9. The summed E-state index contributed by atoms with van der Waals surface area (Å²) in [5.41, 5.74) is 3.66. The maximum Gasteiger partial charge on any atom is 0.407 e. The Labute approximate surface area is 125 Å². The molecule has 1 heterocycles. The number of thiophene rings is 1. The van der Waals surface area contributed by atoms with Gasteiger partial charge in [0.25, 0.3) is 5.91 Å². The topological polar surface area (TPSA) is 87.7 Å². The average molecular weight is 306 g/mol. The molecule has 0 radical (unpaired) electrons. The largest absolute Gasteiger partial charge is 0.445 e. The molecule has 0 fully saturated rings. The van der Waals surface area contributed by atoms with Crippen molar-refractivity contribution >= 4 is 23.3 Å². The second kappa shape index (κ2) is 7.41. The first-order valence-electron chi connectivity index (χ1n) is 6.14. The summed E-state index contributed by atoms with van der Waals surface area (Å²) in [6, 6.07) is 8.37. The van der Waals surface area contributed by atoms with Crippen LogP contribution in [0.3, 0.4) is 0 Å². The van der Waals surface area contributed by atoms with Crippen molar-refractivity contribution in [1.29, 1.82) is 0 Å². The number of carbonyl (C=O) groups is 2. The summed E-state index contributed by atoms with van der Waals surface area (Å²) < 4.78 is 5.05. The van der Waals surface area contributed by atoms with E-state index in [1.165, 1.54) is 0 Å². The number of hydroxylamine groups is 1. The molecule has 0 saturated carbocycles. The molecule has 0 aliphatic rings. The van der Waals surface area contributed by atoms with Crippen molar-refractivity contribution in [2.24, 2.45) is 0 Å². The number of ether oxygens (including phenoxy) is 1. The van der Waals surface area contributed by atoms with E-state index in [1.54, 1.807) is 41.1 Å². The van der Waals surface area contributed by atoms with Gasteiger partial charge >= 0.3 is 6.09 Å². The number of nitrogens with one attached hydrogen (secondary N) is 2. The molecule has 7 heteroatoms. The van der Waals surface area contributed by atoms with Gasteiger partial charge in [0, 0.05) is 17.7 Å². The van der Waals surface area contributed by atoms with Crippen LogP contribution in [0.4, 0.5) is 4.79 Å². The number of benzene rings is 1. The van der Waals surface area contributed by atoms with Crippen molar-refractivity contribution in [3.8, 4) is 0 Å². The lowest BCUT2D eigenvalue weighted by Gasteiger charge is -2.07. The van der Waals surface area contributed by atoms with Gasteiger partial charge in [-0.1, -0.05) is 12.1 Å². The smallest absolute Gasteiger partial charge is 0.407 e. The molecular formula is C14H14N2O4S. The predicted octanol–water partition coefficient (Wildman–Crippen LogP) is 2.29. The molecule has 2 rings (SSSR count). The summed E-state index contributed by atoms with van der Waals surface area (Å²) in [6.07, 6.45) is -0.502. The SMILES string of the molecule is O=C(NCc1ccc(C(=O)NO)cc1)OCc1ccsc1. The molecule has 6 nitrogen and oxygen atoms in total. The normalized spacial score (nSPS) is 9.95. The minimum atomic E-state index is -0.579. The molecule has 0 bridgehead atoms. The Morgan fingerprint density at radius 1 is 1.14 bits per heavy atom. The zero-order chi connectivity index (χ0) is 15.1. The van der Waals surface area contributed by atoms with Gasteiger partial charge in [-0.3, -0.25) is 10.0 Å². The second-order valence-corrected chi connectivity index (χ2v) is 4.98. The minimum Gasteiger partial charge on any atom is -0.445 e. The van der Waals surface area contributed by atoms with Crippen molar-refractivity contribution in [2.75, 3.05) is 0 Å². The molecule has 110 valence electrons. The molecule has 1 aromatic heterocycles. The lowest BCUT2D eigenvalue weighted by atomic mass is 10.1. The molecule has 3 N–H and O–H groups in total. The van der Waals surface area contributed by atoms with Gasteiger partial charge in [0.2, 0.25) is 0 Å². The third kappa shape index (κ3) is 4.59. The highest BCUT2D eigenvalue weighted by Crippen LogP contribution is 2.07. The van der Waals surface area contributed by atoms with Crippen LogP contribution in [0, 0.1) is 0 Å². The van der Waals surface area contributed by atoms with Crippen molar-refractivity contribution in [3.63, 3.8) is 0 Å². The van der Waals surface area contributed by atoms with Gasteiger partial charge in [0.05, 0.1) is 0 Å². The Balaban J connectivity index is 1.77. The maximum absolute atomic E-state index is 11.5. The number of hydrogen-bond acceptors (Lipinski definition) is 5. The van der Waals surface area contributed by atoms with Crippen LogP contribution in [0.15, 0.2) is 41.1 Å². The molecule has 0 saturated heterocycles. The zero-order valence-corrected chi connectivity index (χ0v) is 11.9. The van der Waals surface area contributed by atoms with E-state index in [4.69, 9.17) is 9.94 Å². The van der Waals surface area contributed by atoms with Crippen LogP contribution in [0.25, 0.3) is 0 Å². The molecule has 1 aromatic carbocycles.